The first-order chi connectivity index (χ1) is 14.4. The van der Waals surface area contributed by atoms with Crippen molar-refractivity contribution in [2.75, 3.05) is 33.3 Å². The van der Waals surface area contributed by atoms with Crippen LogP contribution in [0.25, 0.3) is 0 Å². The van der Waals surface area contributed by atoms with Crippen molar-refractivity contribution in [2.24, 2.45) is 0 Å². The largest absolute Gasteiger partial charge is 0.465 e. The fourth-order valence-corrected chi connectivity index (χ4v) is 3.80. The van der Waals surface area contributed by atoms with Crippen molar-refractivity contribution >= 4 is 17.8 Å². The van der Waals surface area contributed by atoms with Crippen molar-refractivity contribution in [3.8, 4) is 0 Å². The number of hydrogen-bond donors (Lipinski definition) is 1. The van der Waals surface area contributed by atoms with Crippen molar-refractivity contribution in [3.63, 3.8) is 0 Å². The second-order valence-corrected chi connectivity index (χ2v) is 7.24. The first-order valence-electron chi connectivity index (χ1n) is 10.0. The maximum absolute atomic E-state index is 14.0. The third-order valence-electron chi connectivity index (χ3n) is 5.46. The van der Waals surface area contributed by atoms with E-state index in [1.54, 1.807) is 28.9 Å². The number of amides is 2. The summed E-state index contributed by atoms with van der Waals surface area (Å²) in [5, 5.41) is 0. The number of methoxy groups -OCH3 is 1. The summed E-state index contributed by atoms with van der Waals surface area (Å²) in [4.78, 5) is 44.3. The molecule has 3 rings (SSSR count). The van der Waals surface area contributed by atoms with E-state index in [9.17, 15) is 18.8 Å². The van der Waals surface area contributed by atoms with Crippen molar-refractivity contribution in [3.05, 3.63) is 58.2 Å². The molecule has 0 unspecified atom stereocenters. The molecule has 0 radical (unpaired) electrons. The van der Waals surface area contributed by atoms with Crippen LogP contribution in [0.3, 0.4) is 0 Å². The van der Waals surface area contributed by atoms with Crippen LogP contribution >= 0.6 is 0 Å². The smallest absolute Gasteiger partial charge is 0.339 e. The van der Waals surface area contributed by atoms with E-state index in [0.717, 1.165) is 0 Å². The van der Waals surface area contributed by atoms with Crippen LogP contribution in [0.15, 0.2) is 24.3 Å². The first kappa shape index (κ1) is 21.5. The second-order valence-electron chi connectivity index (χ2n) is 7.24. The van der Waals surface area contributed by atoms with Gasteiger partial charge >= 0.3 is 5.97 Å². The molecule has 1 aromatic carbocycles. The Balaban J connectivity index is 1.77. The van der Waals surface area contributed by atoms with Crippen LogP contribution in [0.1, 0.15) is 55.8 Å². The van der Waals surface area contributed by atoms with Gasteiger partial charge in [-0.3, -0.25) is 9.59 Å². The van der Waals surface area contributed by atoms with Gasteiger partial charge in [-0.1, -0.05) is 19.1 Å². The molecule has 2 heterocycles. The van der Waals surface area contributed by atoms with Gasteiger partial charge < -0.3 is 19.5 Å². The van der Waals surface area contributed by atoms with E-state index in [1.165, 1.54) is 19.2 Å². The molecule has 0 saturated carbocycles. The summed E-state index contributed by atoms with van der Waals surface area (Å²) in [5.41, 5.74) is 2.02. The number of esters is 1. The molecule has 1 fully saturated rings. The number of nitrogens with zero attached hydrogens (tertiary/aromatic N) is 2. The molecule has 0 atom stereocenters. The number of H-pyrrole nitrogens is 1. The predicted molar refractivity (Wildman–Crippen MR) is 109 cm³/mol. The molecular weight excluding hydrogens is 389 g/mol. The Hall–Kier alpha value is -3.16. The molecular formula is C22H26FN3O4. The fraction of sp³-hybridized carbons (Fsp3) is 0.409. The van der Waals surface area contributed by atoms with Gasteiger partial charge in [-0.05, 0) is 37.5 Å². The molecule has 2 amide bonds. The summed E-state index contributed by atoms with van der Waals surface area (Å²) in [7, 11) is 1.31. The van der Waals surface area contributed by atoms with Crippen molar-refractivity contribution in [2.45, 2.75) is 26.7 Å². The maximum Gasteiger partial charge on any atom is 0.339 e. The van der Waals surface area contributed by atoms with Gasteiger partial charge in [0, 0.05) is 31.9 Å². The molecule has 1 aliphatic rings. The minimum atomic E-state index is -0.552. The minimum Gasteiger partial charge on any atom is -0.465 e. The summed E-state index contributed by atoms with van der Waals surface area (Å²) in [6, 6.07) is 5.90. The van der Waals surface area contributed by atoms with E-state index in [4.69, 9.17) is 4.74 Å². The van der Waals surface area contributed by atoms with Gasteiger partial charge in [0.05, 0.1) is 18.2 Å². The zero-order valence-corrected chi connectivity index (χ0v) is 17.5. The van der Waals surface area contributed by atoms with Crippen molar-refractivity contribution < 1.29 is 23.5 Å². The van der Waals surface area contributed by atoms with Crippen LogP contribution in [-0.4, -0.2) is 65.9 Å². The van der Waals surface area contributed by atoms with Crippen LogP contribution < -0.4 is 0 Å². The number of rotatable bonds is 4. The SMILES string of the molecule is CCc1[nH]c(C(=O)N2CCCN(C(=O)c3ccccc3F)CC2)c(C)c1C(=O)OC. The molecule has 0 bridgehead atoms. The summed E-state index contributed by atoms with van der Waals surface area (Å²) < 4.78 is 18.8. The number of nitrogens with one attached hydrogen (secondary N) is 1. The van der Waals surface area contributed by atoms with Crippen LogP contribution in [0, 0.1) is 12.7 Å². The van der Waals surface area contributed by atoms with Crippen LogP contribution in [0.4, 0.5) is 4.39 Å². The lowest BCUT2D eigenvalue weighted by Crippen LogP contribution is -2.38. The summed E-state index contributed by atoms with van der Waals surface area (Å²) in [6.07, 6.45) is 1.14. The minimum absolute atomic E-state index is 0.0350. The first-order valence-corrected chi connectivity index (χ1v) is 10.0. The Morgan fingerprint density at radius 1 is 1.07 bits per heavy atom. The number of ether oxygens (including phenoxy) is 1. The van der Waals surface area contributed by atoms with E-state index in [1.807, 2.05) is 6.92 Å². The molecule has 1 aromatic heterocycles. The molecule has 8 heteroatoms. The van der Waals surface area contributed by atoms with Gasteiger partial charge in [0.15, 0.2) is 0 Å². The number of halogens is 1. The Bertz CT molecular complexity index is 969. The Kier molecular flexibility index (Phi) is 6.54. The monoisotopic (exact) mass is 415 g/mol. The van der Waals surface area contributed by atoms with Gasteiger partial charge in [-0.25, -0.2) is 9.18 Å². The highest BCUT2D eigenvalue weighted by atomic mass is 19.1. The topological polar surface area (TPSA) is 82.7 Å². The summed E-state index contributed by atoms with van der Waals surface area (Å²) in [6.45, 7) is 5.16. The number of aromatic amines is 1. The highest BCUT2D eigenvalue weighted by Crippen LogP contribution is 2.22. The molecule has 1 saturated heterocycles. The van der Waals surface area contributed by atoms with Crippen molar-refractivity contribution in [1.82, 2.24) is 14.8 Å². The fourth-order valence-electron chi connectivity index (χ4n) is 3.80. The van der Waals surface area contributed by atoms with E-state index in [0.29, 0.717) is 61.5 Å². The molecule has 2 aromatic rings. The lowest BCUT2D eigenvalue weighted by atomic mass is 10.1. The Morgan fingerprint density at radius 2 is 1.70 bits per heavy atom. The maximum atomic E-state index is 14.0. The average molecular weight is 415 g/mol. The second kappa shape index (κ2) is 9.11. The number of aryl methyl sites for hydroxylation is 1. The van der Waals surface area contributed by atoms with E-state index in [2.05, 4.69) is 4.98 Å². The van der Waals surface area contributed by atoms with E-state index < -0.39 is 11.8 Å². The lowest BCUT2D eigenvalue weighted by molar-refractivity contribution is 0.0598. The Labute approximate surface area is 174 Å². The quantitative estimate of drug-likeness (QED) is 0.779. The third kappa shape index (κ3) is 4.08. The van der Waals surface area contributed by atoms with Gasteiger partial charge in [0.2, 0.25) is 0 Å². The average Bonchev–Trinajstić information content (AvgIpc) is 2.92. The molecule has 1 aliphatic heterocycles. The van der Waals surface area contributed by atoms with Crippen LogP contribution in [0.5, 0.6) is 0 Å². The zero-order valence-electron chi connectivity index (χ0n) is 17.5. The van der Waals surface area contributed by atoms with Gasteiger partial charge in [0.25, 0.3) is 11.8 Å². The number of hydrogen-bond acceptors (Lipinski definition) is 4. The van der Waals surface area contributed by atoms with E-state index >= 15 is 0 Å². The molecule has 7 nitrogen and oxygen atoms in total. The number of benzene rings is 1. The van der Waals surface area contributed by atoms with Gasteiger partial charge in [0.1, 0.15) is 11.5 Å². The molecule has 160 valence electrons. The highest BCUT2D eigenvalue weighted by Gasteiger charge is 2.29. The van der Waals surface area contributed by atoms with Crippen molar-refractivity contribution in [1.29, 1.82) is 0 Å². The predicted octanol–water partition coefficient (Wildman–Crippen LogP) is 2.80. The zero-order chi connectivity index (χ0) is 21.8. The standard InChI is InChI=1S/C22H26FN3O4/c1-4-17-18(22(29)30-3)14(2)19(24-17)21(28)26-11-7-10-25(12-13-26)20(27)15-8-5-6-9-16(15)23/h5-6,8-9,24H,4,7,10-13H2,1-3H3. The molecule has 0 spiro atoms. The van der Waals surface area contributed by atoms with Gasteiger partial charge in [-0.15, -0.1) is 0 Å². The Morgan fingerprint density at radius 3 is 2.30 bits per heavy atom. The van der Waals surface area contributed by atoms with E-state index in [-0.39, 0.29) is 17.4 Å². The normalized spacial score (nSPS) is 14.4. The van der Waals surface area contributed by atoms with Crippen LogP contribution in [0.2, 0.25) is 0 Å². The highest BCUT2D eigenvalue weighted by molar-refractivity contribution is 6.00. The number of aromatic nitrogens is 1. The molecule has 30 heavy (non-hydrogen) atoms. The number of carbonyl (C=O) groups is 3. The third-order valence-corrected chi connectivity index (χ3v) is 5.46. The van der Waals surface area contributed by atoms with Gasteiger partial charge in [-0.2, -0.15) is 0 Å². The molecule has 0 aliphatic carbocycles. The number of carbonyl (C=O) groups excluding carboxylic acids is 3. The van der Waals surface area contributed by atoms with Crippen LogP contribution in [-0.2, 0) is 11.2 Å². The molecule has 1 N–H and O–H groups in total. The summed E-state index contributed by atoms with van der Waals surface area (Å²) in [5.74, 6) is -1.63. The summed E-state index contributed by atoms with van der Waals surface area (Å²) >= 11 is 0. The lowest BCUT2D eigenvalue weighted by Gasteiger charge is -2.22.